The number of aryl methyl sites for hydroxylation is 1. The standard InChI is InChI=1S/C11H15ClN2O2/c1-7-3-4-8(12)5-9(7)14-11(15)10(6-13)16-2/h3-5,10H,6,13H2,1-2H3,(H,14,15). The lowest BCUT2D eigenvalue weighted by Gasteiger charge is -2.14. The summed E-state index contributed by atoms with van der Waals surface area (Å²) in [5.41, 5.74) is 7.00. The van der Waals surface area contributed by atoms with Crippen LogP contribution in [-0.2, 0) is 9.53 Å². The van der Waals surface area contributed by atoms with Crippen molar-refractivity contribution in [3.05, 3.63) is 28.8 Å². The number of rotatable bonds is 4. The predicted octanol–water partition coefficient (Wildman–Crippen LogP) is 1.56. The van der Waals surface area contributed by atoms with Crippen molar-refractivity contribution < 1.29 is 9.53 Å². The van der Waals surface area contributed by atoms with Crippen LogP contribution in [0.25, 0.3) is 0 Å². The first-order valence-electron chi connectivity index (χ1n) is 4.88. The normalized spacial score (nSPS) is 12.2. The van der Waals surface area contributed by atoms with E-state index in [2.05, 4.69) is 5.32 Å². The van der Waals surface area contributed by atoms with Crippen LogP contribution in [0.2, 0.25) is 5.02 Å². The Labute approximate surface area is 99.7 Å². The molecule has 0 aliphatic heterocycles. The molecular weight excluding hydrogens is 228 g/mol. The van der Waals surface area contributed by atoms with E-state index in [4.69, 9.17) is 22.1 Å². The van der Waals surface area contributed by atoms with Crippen LogP contribution in [0.15, 0.2) is 18.2 Å². The minimum Gasteiger partial charge on any atom is -0.370 e. The number of nitrogens with one attached hydrogen (secondary N) is 1. The van der Waals surface area contributed by atoms with Crippen molar-refractivity contribution >= 4 is 23.2 Å². The third-order valence-electron chi connectivity index (χ3n) is 2.25. The Hall–Kier alpha value is -1.10. The molecule has 88 valence electrons. The largest absolute Gasteiger partial charge is 0.370 e. The number of anilines is 1. The second-order valence-corrected chi connectivity index (χ2v) is 3.84. The van der Waals surface area contributed by atoms with Gasteiger partial charge >= 0.3 is 0 Å². The molecule has 1 atom stereocenters. The second kappa shape index (κ2) is 5.84. The number of benzene rings is 1. The molecule has 3 N–H and O–H groups in total. The second-order valence-electron chi connectivity index (χ2n) is 3.41. The van der Waals surface area contributed by atoms with Gasteiger partial charge in [0.05, 0.1) is 0 Å². The molecule has 0 saturated heterocycles. The van der Waals surface area contributed by atoms with E-state index >= 15 is 0 Å². The van der Waals surface area contributed by atoms with Gasteiger partial charge in [0.2, 0.25) is 0 Å². The van der Waals surface area contributed by atoms with E-state index in [0.717, 1.165) is 5.56 Å². The molecule has 1 unspecified atom stereocenters. The van der Waals surface area contributed by atoms with Crippen molar-refractivity contribution in [2.75, 3.05) is 19.0 Å². The van der Waals surface area contributed by atoms with Gasteiger partial charge in [-0.25, -0.2) is 0 Å². The lowest BCUT2D eigenvalue weighted by molar-refractivity contribution is -0.125. The Morgan fingerprint density at radius 1 is 1.62 bits per heavy atom. The number of halogens is 1. The molecule has 5 heteroatoms. The number of carbonyl (C=O) groups is 1. The lowest BCUT2D eigenvalue weighted by atomic mass is 10.2. The van der Waals surface area contributed by atoms with Gasteiger partial charge in [-0.3, -0.25) is 4.79 Å². The number of nitrogens with two attached hydrogens (primary N) is 1. The molecule has 0 fully saturated rings. The lowest BCUT2D eigenvalue weighted by Crippen LogP contribution is -2.36. The summed E-state index contributed by atoms with van der Waals surface area (Å²) in [6.45, 7) is 2.03. The van der Waals surface area contributed by atoms with E-state index in [-0.39, 0.29) is 12.5 Å². The minimum atomic E-state index is -0.640. The average Bonchev–Trinajstić information content (AvgIpc) is 2.25. The van der Waals surface area contributed by atoms with Gasteiger partial charge in [0.15, 0.2) is 0 Å². The molecule has 0 bridgehead atoms. The van der Waals surface area contributed by atoms with Gasteiger partial charge < -0.3 is 15.8 Å². The highest BCUT2D eigenvalue weighted by atomic mass is 35.5. The fourth-order valence-electron chi connectivity index (χ4n) is 1.25. The number of ether oxygens (including phenoxy) is 1. The molecule has 1 rings (SSSR count). The fourth-order valence-corrected chi connectivity index (χ4v) is 1.42. The summed E-state index contributed by atoms with van der Waals surface area (Å²) in [4.78, 5) is 11.7. The molecule has 1 amide bonds. The molecule has 1 aromatic rings. The van der Waals surface area contributed by atoms with Gasteiger partial charge in [0.1, 0.15) is 6.10 Å². The van der Waals surface area contributed by atoms with E-state index in [1.807, 2.05) is 13.0 Å². The maximum atomic E-state index is 11.7. The van der Waals surface area contributed by atoms with Crippen molar-refractivity contribution in [1.29, 1.82) is 0 Å². The zero-order valence-corrected chi connectivity index (χ0v) is 10.0. The summed E-state index contributed by atoms with van der Waals surface area (Å²) in [5, 5.41) is 3.30. The molecule has 0 radical (unpaired) electrons. The van der Waals surface area contributed by atoms with E-state index < -0.39 is 6.10 Å². The summed E-state index contributed by atoms with van der Waals surface area (Å²) in [7, 11) is 1.45. The van der Waals surface area contributed by atoms with Crippen LogP contribution in [0, 0.1) is 6.92 Å². The number of methoxy groups -OCH3 is 1. The first-order chi connectivity index (χ1) is 7.58. The summed E-state index contributed by atoms with van der Waals surface area (Å²) < 4.78 is 4.93. The van der Waals surface area contributed by atoms with Gasteiger partial charge in [-0.05, 0) is 24.6 Å². The Morgan fingerprint density at radius 3 is 2.88 bits per heavy atom. The van der Waals surface area contributed by atoms with E-state index in [9.17, 15) is 4.79 Å². The molecule has 0 aliphatic rings. The molecule has 1 aromatic carbocycles. The van der Waals surface area contributed by atoms with Crippen LogP contribution in [0.5, 0.6) is 0 Å². The van der Waals surface area contributed by atoms with Crippen LogP contribution >= 0.6 is 11.6 Å². The zero-order valence-electron chi connectivity index (χ0n) is 9.29. The SMILES string of the molecule is COC(CN)C(=O)Nc1cc(Cl)ccc1C. The fraction of sp³-hybridized carbons (Fsp3) is 0.364. The molecule has 16 heavy (non-hydrogen) atoms. The van der Waals surface area contributed by atoms with Gasteiger partial charge in [-0.2, -0.15) is 0 Å². The summed E-state index contributed by atoms with van der Waals surface area (Å²) in [6.07, 6.45) is -0.640. The summed E-state index contributed by atoms with van der Waals surface area (Å²) >= 11 is 5.84. The molecule has 0 aromatic heterocycles. The Morgan fingerprint density at radius 2 is 2.31 bits per heavy atom. The van der Waals surface area contributed by atoms with Gasteiger partial charge in [-0.1, -0.05) is 17.7 Å². The number of amides is 1. The maximum Gasteiger partial charge on any atom is 0.254 e. The summed E-state index contributed by atoms with van der Waals surface area (Å²) in [6, 6.07) is 5.30. The van der Waals surface area contributed by atoms with Crippen molar-refractivity contribution in [3.63, 3.8) is 0 Å². The van der Waals surface area contributed by atoms with E-state index in [1.165, 1.54) is 7.11 Å². The first kappa shape index (κ1) is 13.0. The van der Waals surface area contributed by atoms with Crippen molar-refractivity contribution in [3.8, 4) is 0 Å². The van der Waals surface area contributed by atoms with Crippen molar-refractivity contribution in [2.24, 2.45) is 5.73 Å². The van der Waals surface area contributed by atoms with Crippen molar-refractivity contribution in [1.82, 2.24) is 0 Å². The molecule has 0 aliphatic carbocycles. The Bertz CT molecular complexity index is 378. The van der Waals surface area contributed by atoms with E-state index in [0.29, 0.717) is 10.7 Å². The zero-order chi connectivity index (χ0) is 12.1. The predicted molar refractivity (Wildman–Crippen MR) is 64.7 cm³/mol. The third kappa shape index (κ3) is 3.20. The number of hydrogen-bond acceptors (Lipinski definition) is 3. The average molecular weight is 243 g/mol. The Balaban J connectivity index is 2.80. The van der Waals surface area contributed by atoms with Crippen LogP contribution in [-0.4, -0.2) is 25.7 Å². The molecular formula is C11H15ClN2O2. The topological polar surface area (TPSA) is 64.3 Å². The van der Waals surface area contributed by atoms with Crippen LogP contribution in [0.1, 0.15) is 5.56 Å². The van der Waals surface area contributed by atoms with E-state index in [1.54, 1.807) is 12.1 Å². The molecule has 4 nitrogen and oxygen atoms in total. The summed E-state index contributed by atoms with van der Waals surface area (Å²) in [5.74, 6) is -0.268. The first-order valence-corrected chi connectivity index (χ1v) is 5.26. The van der Waals surface area contributed by atoms with Crippen LogP contribution < -0.4 is 11.1 Å². The maximum absolute atomic E-state index is 11.7. The highest BCUT2D eigenvalue weighted by molar-refractivity contribution is 6.31. The van der Waals surface area contributed by atoms with Crippen molar-refractivity contribution in [2.45, 2.75) is 13.0 Å². The molecule has 0 saturated carbocycles. The molecule has 0 spiro atoms. The van der Waals surface area contributed by atoms with Gasteiger partial charge in [0, 0.05) is 24.4 Å². The smallest absolute Gasteiger partial charge is 0.254 e. The van der Waals surface area contributed by atoms with Crippen LogP contribution in [0.3, 0.4) is 0 Å². The third-order valence-corrected chi connectivity index (χ3v) is 2.48. The monoisotopic (exact) mass is 242 g/mol. The highest BCUT2D eigenvalue weighted by Gasteiger charge is 2.16. The highest BCUT2D eigenvalue weighted by Crippen LogP contribution is 2.20. The van der Waals surface area contributed by atoms with Gasteiger partial charge in [0.25, 0.3) is 5.91 Å². The quantitative estimate of drug-likeness (QED) is 0.842. The van der Waals surface area contributed by atoms with Crippen LogP contribution in [0.4, 0.5) is 5.69 Å². The molecule has 0 heterocycles. The Kier molecular flexibility index (Phi) is 4.73. The number of hydrogen-bond donors (Lipinski definition) is 2. The van der Waals surface area contributed by atoms with Gasteiger partial charge in [-0.15, -0.1) is 0 Å². The minimum absolute atomic E-state index is 0.141. The number of carbonyl (C=O) groups excluding carboxylic acids is 1.